The Morgan fingerprint density at radius 2 is 2.27 bits per heavy atom. The Morgan fingerprint density at radius 3 is 2.80 bits per heavy atom. The van der Waals surface area contributed by atoms with Gasteiger partial charge in [-0.1, -0.05) is 12.6 Å². The Morgan fingerprint density at radius 1 is 1.60 bits per heavy atom. The molecule has 1 atom stereocenters. The largest absolute Gasteiger partial charge is 0.489 e. The highest BCUT2D eigenvalue weighted by atomic mass is 19.1. The molecule has 2 nitrogen and oxygen atoms in total. The minimum atomic E-state index is -0.323. The minimum absolute atomic E-state index is 0.175. The maximum Gasteiger partial charge on any atom is 0.127 e. The van der Waals surface area contributed by atoms with Crippen molar-refractivity contribution in [3.63, 3.8) is 0 Å². The topological polar surface area (TPSA) is 35.2 Å². The molecule has 0 fully saturated rings. The molecule has 0 aliphatic rings. The van der Waals surface area contributed by atoms with Gasteiger partial charge in [-0.2, -0.15) is 0 Å². The number of hydrogen-bond acceptors (Lipinski definition) is 2. The molecule has 2 N–H and O–H groups in total. The summed E-state index contributed by atoms with van der Waals surface area (Å²) in [6.07, 6.45) is 0. The highest BCUT2D eigenvalue weighted by Crippen LogP contribution is 2.25. The number of ether oxygens (including phenoxy) is 1. The lowest BCUT2D eigenvalue weighted by Gasteiger charge is -2.13. The molecule has 1 aromatic rings. The fourth-order valence-corrected chi connectivity index (χ4v) is 1.21. The first-order valence-corrected chi connectivity index (χ1v) is 4.83. The number of hydrogen-bond donors (Lipinski definition) is 1. The van der Waals surface area contributed by atoms with Crippen LogP contribution in [0.3, 0.4) is 0 Å². The second kappa shape index (κ2) is 4.94. The monoisotopic (exact) mass is 209 g/mol. The van der Waals surface area contributed by atoms with Gasteiger partial charge in [0.25, 0.3) is 0 Å². The van der Waals surface area contributed by atoms with Crippen LogP contribution < -0.4 is 10.5 Å². The fourth-order valence-electron chi connectivity index (χ4n) is 1.21. The standard InChI is InChI=1S/C12H16FNO/c1-8(2)7-15-12-6-10(13)4-5-11(12)9(3)14/h4-6,9H,1,7,14H2,2-3H3/t9-/m1/s1. The van der Waals surface area contributed by atoms with Crippen molar-refractivity contribution >= 4 is 0 Å². The quantitative estimate of drug-likeness (QED) is 0.774. The van der Waals surface area contributed by atoms with Gasteiger partial charge in [0.15, 0.2) is 0 Å². The van der Waals surface area contributed by atoms with Gasteiger partial charge in [-0.15, -0.1) is 0 Å². The average Bonchev–Trinajstić information content (AvgIpc) is 2.14. The Labute approximate surface area is 89.6 Å². The summed E-state index contributed by atoms with van der Waals surface area (Å²) < 4.78 is 18.4. The summed E-state index contributed by atoms with van der Waals surface area (Å²) in [7, 11) is 0. The van der Waals surface area contributed by atoms with Crippen LogP contribution in [0, 0.1) is 5.82 Å². The summed E-state index contributed by atoms with van der Waals surface area (Å²) in [4.78, 5) is 0. The van der Waals surface area contributed by atoms with Crippen LogP contribution in [-0.4, -0.2) is 6.61 Å². The first-order valence-electron chi connectivity index (χ1n) is 4.83. The van der Waals surface area contributed by atoms with Crippen LogP contribution >= 0.6 is 0 Å². The molecule has 0 unspecified atom stereocenters. The van der Waals surface area contributed by atoms with E-state index in [1.165, 1.54) is 12.1 Å². The average molecular weight is 209 g/mol. The van der Waals surface area contributed by atoms with E-state index in [1.54, 1.807) is 6.07 Å². The Bertz CT molecular complexity index is 361. The van der Waals surface area contributed by atoms with Gasteiger partial charge in [0.2, 0.25) is 0 Å². The van der Waals surface area contributed by atoms with Crippen molar-refractivity contribution < 1.29 is 9.13 Å². The SMILES string of the molecule is C=C(C)COc1cc(F)ccc1[C@@H](C)N. The van der Waals surface area contributed by atoms with Crippen molar-refractivity contribution in [1.82, 2.24) is 0 Å². The van der Waals surface area contributed by atoms with Crippen molar-refractivity contribution in [2.75, 3.05) is 6.61 Å². The molecule has 1 aromatic carbocycles. The third-order valence-corrected chi connectivity index (χ3v) is 1.94. The second-order valence-electron chi connectivity index (χ2n) is 3.72. The fraction of sp³-hybridized carbons (Fsp3) is 0.333. The van der Waals surface area contributed by atoms with Gasteiger partial charge in [0, 0.05) is 17.7 Å². The third kappa shape index (κ3) is 3.36. The zero-order valence-corrected chi connectivity index (χ0v) is 9.09. The maximum absolute atomic E-state index is 13.0. The zero-order valence-electron chi connectivity index (χ0n) is 9.09. The first-order chi connectivity index (χ1) is 7.00. The van der Waals surface area contributed by atoms with Gasteiger partial charge in [-0.3, -0.25) is 0 Å². The molecule has 15 heavy (non-hydrogen) atoms. The minimum Gasteiger partial charge on any atom is -0.489 e. The van der Waals surface area contributed by atoms with Crippen LogP contribution in [0.25, 0.3) is 0 Å². The highest BCUT2D eigenvalue weighted by molar-refractivity contribution is 5.36. The molecular formula is C12H16FNO. The molecule has 0 aliphatic carbocycles. The lowest BCUT2D eigenvalue weighted by atomic mass is 10.1. The summed E-state index contributed by atoms with van der Waals surface area (Å²) in [6.45, 7) is 7.78. The highest BCUT2D eigenvalue weighted by Gasteiger charge is 2.09. The van der Waals surface area contributed by atoms with Gasteiger partial charge in [0.1, 0.15) is 18.2 Å². The summed E-state index contributed by atoms with van der Waals surface area (Å²) in [6, 6.07) is 4.20. The first kappa shape index (κ1) is 11.7. The van der Waals surface area contributed by atoms with Gasteiger partial charge in [0.05, 0.1) is 0 Å². The van der Waals surface area contributed by atoms with Crippen LogP contribution in [-0.2, 0) is 0 Å². The van der Waals surface area contributed by atoms with Crippen molar-refractivity contribution in [3.8, 4) is 5.75 Å². The Balaban J connectivity index is 2.91. The molecule has 0 saturated carbocycles. The maximum atomic E-state index is 13.0. The molecule has 1 rings (SSSR count). The van der Waals surface area contributed by atoms with Gasteiger partial charge in [-0.25, -0.2) is 4.39 Å². The number of nitrogens with two attached hydrogens (primary N) is 1. The predicted molar refractivity (Wildman–Crippen MR) is 59.3 cm³/mol. The molecular weight excluding hydrogens is 193 g/mol. The van der Waals surface area contributed by atoms with E-state index >= 15 is 0 Å². The van der Waals surface area contributed by atoms with E-state index in [4.69, 9.17) is 10.5 Å². The second-order valence-corrected chi connectivity index (χ2v) is 3.72. The van der Waals surface area contributed by atoms with Crippen LogP contribution in [0.2, 0.25) is 0 Å². The van der Waals surface area contributed by atoms with Crippen molar-refractivity contribution in [3.05, 3.63) is 41.7 Å². The normalized spacial score (nSPS) is 12.3. The lowest BCUT2D eigenvalue weighted by molar-refractivity contribution is 0.344. The molecule has 0 saturated heterocycles. The van der Waals surface area contributed by atoms with Crippen LogP contribution in [0.5, 0.6) is 5.75 Å². The molecule has 3 heteroatoms. The Hall–Kier alpha value is -1.35. The third-order valence-electron chi connectivity index (χ3n) is 1.94. The van der Waals surface area contributed by atoms with Gasteiger partial charge >= 0.3 is 0 Å². The molecule has 82 valence electrons. The number of halogens is 1. The van der Waals surface area contributed by atoms with E-state index in [-0.39, 0.29) is 11.9 Å². The number of benzene rings is 1. The molecule has 0 spiro atoms. The molecule has 0 aromatic heterocycles. The smallest absolute Gasteiger partial charge is 0.127 e. The molecule has 0 amide bonds. The van der Waals surface area contributed by atoms with E-state index < -0.39 is 0 Å². The summed E-state index contributed by atoms with van der Waals surface area (Å²) in [5, 5.41) is 0. The summed E-state index contributed by atoms with van der Waals surface area (Å²) in [5.41, 5.74) is 7.43. The van der Waals surface area contributed by atoms with E-state index in [0.717, 1.165) is 11.1 Å². The van der Waals surface area contributed by atoms with Crippen molar-refractivity contribution in [2.24, 2.45) is 5.73 Å². The predicted octanol–water partition coefficient (Wildman–Crippen LogP) is 2.80. The Kier molecular flexibility index (Phi) is 3.86. The summed E-state index contributed by atoms with van der Waals surface area (Å²) in [5.74, 6) is 0.170. The van der Waals surface area contributed by atoms with E-state index in [0.29, 0.717) is 12.4 Å². The number of rotatable bonds is 4. The van der Waals surface area contributed by atoms with Crippen LogP contribution in [0.1, 0.15) is 25.5 Å². The molecule has 0 heterocycles. The van der Waals surface area contributed by atoms with E-state index in [2.05, 4.69) is 6.58 Å². The zero-order chi connectivity index (χ0) is 11.4. The molecule has 0 radical (unpaired) electrons. The summed E-state index contributed by atoms with van der Waals surface area (Å²) >= 11 is 0. The van der Waals surface area contributed by atoms with Crippen LogP contribution in [0.15, 0.2) is 30.4 Å². The molecule has 0 bridgehead atoms. The van der Waals surface area contributed by atoms with Crippen molar-refractivity contribution in [1.29, 1.82) is 0 Å². The lowest BCUT2D eigenvalue weighted by Crippen LogP contribution is -2.09. The molecule has 0 aliphatic heterocycles. The van der Waals surface area contributed by atoms with E-state index in [9.17, 15) is 4.39 Å². The van der Waals surface area contributed by atoms with Crippen LogP contribution in [0.4, 0.5) is 4.39 Å². The van der Waals surface area contributed by atoms with E-state index in [1.807, 2.05) is 13.8 Å². The van der Waals surface area contributed by atoms with Gasteiger partial charge < -0.3 is 10.5 Å². The van der Waals surface area contributed by atoms with Gasteiger partial charge in [-0.05, 0) is 25.5 Å². The van der Waals surface area contributed by atoms with Crippen molar-refractivity contribution in [2.45, 2.75) is 19.9 Å².